The van der Waals surface area contributed by atoms with E-state index in [2.05, 4.69) is 5.32 Å². The summed E-state index contributed by atoms with van der Waals surface area (Å²) in [4.78, 5) is 14.3. The van der Waals surface area contributed by atoms with Gasteiger partial charge in [0.05, 0.1) is 12.1 Å². The normalized spacial score (nSPS) is 20.9. The molecule has 1 unspecified atom stereocenters. The maximum absolute atomic E-state index is 12.2. The molecule has 1 aromatic rings. The summed E-state index contributed by atoms with van der Waals surface area (Å²) in [5.41, 5.74) is 6.57. The van der Waals surface area contributed by atoms with Crippen molar-refractivity contribution in [3.63, 3.8) is 0 Å². The number of nitrogens with one attached hydrogen (secondary N) is 1. The lowest BCUT2D eigenvalue weighted by Gasteiger charge is -2.26. The SMILES string of the molecule is CN(C)C(CNC(=O)[C@@H]1CC[C@H](CN)O1)c1ccccc1Cl.Cl.Cl. The van der Waals surface area contributed by atoms with E-state index in [0.29, 0.717) is 18.1 Å². The Hall–Kier alpha value is -0.560. The zero-order chi connectivity index (χ0) is 16.1. The van der Waals surface area contributed by atoms with Crippen molar-refractivity contribution in [3.8, 4) is 0 Å². The first kappa shape index (κ1) is 23.4. The molecule has 0 saturated carbocycles. The van der Waals surface area contributed by atoms with E-state index in [1.165, 1.54) is 0 Å². The molecule has 3 atom stereocenters. The standard InChI is InChI=1S/C16H24ClN3O2.2ClH/c1-20(2)14(12-5-3-4-6-13(12)17)10-19-16(21)15-8-7-11(9-18)22-15;;/h3-6,11,14-15H,7-10,18H2,1-2H3,(H,19,21);2*1H/t11-,14?,15+;;/m1../s1. The molecule has 0 radical (unpaired) electrons. The van der Waals surface area contributed by atoms with Gasteiger partial charge >= 0.3 is 0 Å². The third kappa shape index (κ3) is 6.06. The Morgan fingerprint density at radius 3 is 2.58 bits per heavy atom. The summed E-state index contributed by atoms with van der Waals surface area (Å²) in [5, 5.41) is 3.68. The number of amides is 1. The molecule has 138 valence electrons. The fraction of sp³-hybridized carbons (Fsp3) is 0.562. The number of nitrogens with zero attached hydrogens (tertiary/aromatic N) is 1. The molecule has 1 aliphatic heterocycles. The van der Waals surface area contributed by atoms with Gasteiger partial charge in [0.15, 0.2) is 0 Å². The number of hydrogen-bond donors (Lipinski definition) is 2. The lowest BCUT2D eigenvalue weighted by atomic mass is 10.1. The van der Waals surface area contributed by atoms with E-state index in [-0.39, 0.29) is 49.0 Å². The highest BCUT2D eigenvalue weighted by molar-refractivity contribution is 6.31. The minimum atomic E-state index is -0.386. The molecule has 0 bridgehead atoms. The molecule has 1 heterocycles. The summed E-state index contributed by atoms with van der Waals surface area (Å²) in [5.74, 6) is -0.0742. The van der Waals surface area contributed by atoms with Crippen LogP contribution in [0.3, 0.4) is 0 Å². The first-order valence-corrected chi connectivity index (χ1v) is 7.94. The van der Waals surface area contributed by atoms with Crippen molar-refractivity contribution in [3.05, 3.63) is 34.9 Å². The van der Waals surface area contributed by atoms with Crippen molar-refractivity contribution in [2.24, 2.45) is 5.73 Å². The number of carbonyl (C=O) groups excluding carboxylic acids is 1. The molecule has 8 heteroatoms. The quantitative estimate of drug-likeness (QED) is 0.772. The Bertz CT molecular complexity index is 517. The van der Waals surface area contributed by atoms with E-state index in [1.54, 1.807) is 0 Å². The van der Waals surface area contributed by atoms with E-state index in [1.807, 2.05) is 43.3 Å². The first-order chi connectivity index (χ1) is 10.5. The summed E-state index contributed by atoms with van der Waals surface area (Å²) < 4.78 is 5.62. The molecular weight excluding hydrogens is 373 g/mol. The number of nitrogens with two attached hydrogens (primary N) is 1. The van der Waals surface area contributed by atoms with E-state index in [4.69, 9.17) is 22.1 Å². The third-order valence-electron chi connectivity index (χ3n) is 4.02. The first-order valence-electron chi connectivity index (χ1n) is 7.57. The Morgan fingerprint density at radius 2 is 2.04 bits per heavy atom. The lowest BCUT2D eigenvalue weighted by Crippen LogP contribution is -2.40. The van der Waals surface area contributed by atoms with Gasteiger partial charge in [-0.15, -0.1) is 24.8 Å². The topological polar surface area (TPSA) is 67.6 Å². The van der Waals surface area contributed by atoms with Crippen LogP contribution >= 0.6 is 36.4 Å². The average molecular weight is 399 g/mol. The van der Waals surface area contributed by atoms with E-state index < -0.39 is 0 Å². The van der Waals surface area contributed by atoms with Gasteiger partial charge in [-0.25, -0.2) is 0 Å². The summed E-state index contributed by atoms with van der Waals surface area (Å²) in [6, 6.07) is 7.71. The highest BCUT2D eigenvalue weighted by Crippen LogP contribution is 2.25. The van der Waals surface area contributed by atoms with Crippen LogP contribution in [0, 0.1) is 0 Å². The molecule has 1 fully saturated rings. The van der Waals surface area contributed by atoms with E-state index >= 15 is 0 Å². The molecule has 5 nitrogen and oxygen atoms in total. The fourth-order valence-electron chi connectivity index (χ4n) is 2.70. The van der Waals surface area contributed by atoms with Crippen molar-refractivity contribution < 1.29 is 9.53 Å². The molecule has 2 rings (SSSR count). The van der Waals surface area contributed by atoms with Gasteiger partial charge < -0.3 is 20.7 Å². The largest absolute Gasteiger partial charge is 0.364 e. The van der Waals surface area contributed by atoms with Crippen LogP contribution in [0.4, 0.5) is 0 Å². The maximum atomic E-state index is 12.2. The molecule has 1 aromatic carbocycles. The molecular formula is C16H26Cl3N3O2. The van der Waals surface area contributed by atoms with Gasteiger partial charge in [0.25, 0.3) is 0 Å². The smallest absolute Gasteiger partial charge is 0.249 e. The summed E-state index contributed by atoms with van der Waals surface area (Å²) >= 11 is 6.27. The molecule has 0 spiro atoms. The number of benzene rings is 1. The number of likely N-dealkylation sites (N-methyl/N-ethyl adjacent to an activating group) is 1. The van der Waals surface area contributed by atoms with Crippen LogP contribution in [0.15, 0.2) is 24.3 Å². The maximum Gasteiger partial charge on any atom is 0.249 e. The summed E-state index contributed by atoms with van der Waals surface area (Å²) in [6.07, 6.45) is 1.19. The number of hydrogen-bond acceptors (Lipinski definition) is 4. The zero-order valence-electron chi connectivity index (χ0n) is 13.9. The van der Waals surface area contributed by atoms with Crippen LogP contribution in [-0.2, 0) is 9.53 Å². The van der Waals surface area contributed by atoms with Crippen molar-refractivity contribution in [2.75, 3.05) is 27.2 Å². The molecule has 24 heavy (non-hydrogen) atoms. The summed E-state index contributed by atoms with van der Waals surface area (Å²) in [7, 11) is 3.94. The molecule has 3 N–H and O–H groups in total. The second-order valence-electron chi connectivity index (χ2n) is 5.81. The molecule has 0 aliphatic carbocycles. The Morgan fingerprint density at radius 1 is 1.38 bits per heavy atom. The summed E-state index contributed by atoms with van der Waals surface area (Å²) in [6.45, 7) is 0.951. The second kappa shape index (κ2) is 11.1. The highest BCUT2D eigenvalue weighted by Gasteiger charge is 2.30. The van der Waals surface area contributed by atoms with E-state index in [0.717, 1.165) is 18.4 Å². The van der Waals surface area contributed by atoms with Crippen LogP contribution in [0.25, 0.3) is 0 Å². The predicted molar refractivity (Wildman–Crippen MR) is 102 cm³/mol. The fourth-order valence-corrected chi connectivity index (χ4v) is 2.96. The van der Waals surface area contributed by atoms with Gasteiger partial charge in [-0.05, 0) is 38.6 Å². The van der Waals surface area contributed by atoms with Crippen molar-refractivity contribution in [1.29, 1.82) is 0 Å². The number of carbonyl (C=O) groups is 1. The van der Waals surface area contributed by atoms with Gasteiger partial charge in [0.2, 0.25) is 5.91 Å². The lowest BCUT2D eigenvalue weighted by molar-refractivity contribution is -0.132. The Kier molecular flexibility index (Phi) is 10.9. The molecule has 1 aliphatic rings. The predicted octanol–water partition coefficient (Wildman–Crippen LogP) is 2.41. The minimum Gasteiger partial charge on any atom is -0.364 e. The van der Waals surface area contributed by atoms with Gasteiger partial charge in [0, 0.05) is 18.1 Å². The highest BCUT2D eigenvalue weighted by atomic mass is 35.5. The van der Waals surface area contributed by atoms with Crippen molar-refractivity contribution in [1.82, 2.24) is 10.2 Å². The Balaban J connectivity index is 0.00000264. The molecule has 0 aromatic heterocycles. The van der Waals surface area contributed by atoms with Crippen molar-refractivity contribution in [2.45, 2.75) is 31.1 Å². The number of halogens is 3. The van der Waals surface area contributed by atoms with Crippen LogP contribution < -0.4 is 11.1 Å². The number of rotatable bonds is 6. The molecule has 1 amide bonds. The average Bonchev–Trinajstić information content (AvgIpc) is 2.97. The van der Waals surface area contributed by atoms with Gasteiger partial charge in [-0.1, -0.05) is 29.8 Å². The number of ether oxygens (including phenoxy) is 1. The second-order valence-corrected chi connectivity index (χ2v) is 6.21. The monoisotopic (exact) mass is 397 g/mol. The minimum absolute atomic E-state index is 0. The van der Waals surface area contributed by atoms with Crippen LogP contribution in [0.5, 0.6) is 0 Å². The van der Waals surface area contributed by atoms with Gasteiger partial charge in [-0.2, -0.15) is 0 Å². The van der Waals surface area contributed by atoms with Crippen LogP contribution in [0.2, 0.25) is 5.02 Å². The Labute approximate surface area is 161 Å². The van der Waals surface area contributed by atoms with Gasteiger partial charge in [0.1, 0.15) is 6.10 Å². The molecule has 1 saturated heterocycles. The van der Waals surface area contributed by atoms with Crippen LogP contribution in [0.1, 0.15) is 24.4 Å². The van der Waals surface area contributed by atoms with E-state index in [9.17, 15) is 4.79 Å². The van der Waals surface area contributed by atoms with Crippen LogP contribution in [-0.4, -0.2) is 50.2 Å². The van der Waals surface area contributed by atoms with Gasteiger partial charge in [-0.3, -0.25) is 4.79 Å². The zero-order valence-corrected chi connectivity index (χ0v) is 16.3. The third-order valence-corrected chi connectivity index (χ3v) is 4.36. The van der Waals surface area contributed by atoms with Crippen molar-refractivity contribution >= 4 is 42.3 Å².